The van der Waals surface area contributed by atoms with Crippen LogP contribution in [0.25, 0.3) is 0 Å². The van der Waals surface area contributed by atoms with Crippen LogP contribution in [0.5, 0.6) is 0 Å². The van der Waals surface area contributed by atoms with Gasteiger partial charge in [0.2, 0.25) is 0 Å². The van der Waals surface area contributed by atoms with Crippen LogP contribution >= 0.6 is 12.6 Å². The molecule has 0 bridgehead atoms. The summed E-state index contributed by atoms with van der Waals surface area (Å²) in [6.07, 6.45) is -0.245. The van der Waals surface area contributed by atoms with Crippen molar-refractivity contribution in [2.75, 3.05) is 13.2 Å². The number of thiol groups is 1. The van der Waals surface area contributed by atoms with Gasteiger partial charge in [0.25, 0.3) is 0 Å². The van der Waals surface area contributed by atoms with Crippen molar-refractivity contribution in [1.29, 1.82) is 0 Å². The number of esters is 1. The van der Waals surface area contributed by atoms with E-state index in [-0.39, 0.29) is 12.1 Å². The minimum absolute atomic E-state index is 0.245. The zero-order chi connectivity index (χ0) is 12.8. The first-order valence-electron chi connectivity index (χ1n) is 5.63. The summed E-state index contributed by atoms with van der Waals surface area (Å²) < 4.78 is 10.5. The molecule has 0 heterocycles. The summed E-state index contributed by atoms with van der Waals surface area (Å²) in [6, 6.07) is 5.42. The van der Waals surface area contributed by atoms with Gasteiger partial charge in [0.05, 0.1) is 12.2 Å². The van der Waals surface area contributed by atoms with Crippen molar-refractivity contribution >= 4 is 18.6 Å². The number of aryl methyl sites for hydroxylation is 1. The zero-order valence-electron chi connectivity index (χ0n) is 10.4. The lowest BCUT2D eigenvalue weighted by Gasteiger charge is -2.14. The van der Waals surface area contributed by atoms with E-state index in [9.17, 15) is 4.79 Å². The monoisotopic (exact) mass is 254 g/mol. The summed E-state index contributed by atoms with van der Waals surface area (Å²) in [6.45, 7) is 6.63. The molecule has 4 heteroatoms. The van der Waals surface area contributed by atoms with Crippen LogP contribution in [0.3, 0.4) is 0 Å². The number of carbonyl (C=O) groups excluding carboxylic acids is 1. The first-order valence-corrected chi connectivity index (χ1v) is 6.07. The van der Waals surface area contributed by atoms with Crippen LogP contribution in [0.2, 0.25) is 0 Å². The summed E-state index contributed by atoms with van der Waals surface area (Å²) in [7, 11) is 0. The number of hydrogen-bond donors (Lipinski definition) is 1. The number of hydrogen-bond acceptors (Lipinski definition) is 4. The Hall–Kier alpha value is -1.00. The van der Waals surface area contributed by atoms with Crippen LogP contribution in [-0.2, 0) is 9.47 Å². The Bertz CT molecular complexity index is 390. The van der Waals surface area contributed by atoms with E-state index in [1.807, 2.05) is 32.9 Å². The van der Waals surface area contributed by atoms with Crippen molar-refractivity contribution in [1.82, 2.24) is 0 Å². The predicted octanol–water partition coefficient (Wildman–Crippen LogP) is 2.87. The van der Waals surface area contributed by atoms with Gasteiger partial charge in [-0.2, -0.15) is 0 Å². The molecule has 1 rings (SSSR count). The van der Waals surface area contributed by atoms with Gasteiger partial charge in [0.15, 0.2) is 0 Å². The van der Waals surface area contributed by atoms with Crippen molar-refractivity contribution < 1.29 is 14.3 Å². The Morgan fingerprint density at radius 2 is 2.18 bits per heavy atom. The molecule has 0 spiro atoms. The number of carbonyl (C=O) groups is 1. The van der Waals surface area contributed by atoms with E-state index < -0.39 is 0 Å². The third-order valence-corrected chi connectivity index (χ3v) is 2.58. The maximum absolute atomic E-state index is 11.9. The second kappa shape index (κ2) is 6.67. The molecule has 0 N–H and O–H groups in total. The molecule has 1 aromatic rings. The lowest BCUT2D eigenvalue weighted by Crippen LogP contribution is -2.21. The normalized spacial score (nSPS) is 12.2. The Kier molecular flexibility index (Phi) is 5.51. The van der Waals surface area contributed by atoms with Crippen LogP contribution < -0.4 is 0 Å². The van der Waals surface area contributed by atoms with Gasteiger partial charge in [-0.3, -0.25) is 0 Å². The zero-order valence-corrected chi connectivity index (χ0v) is 11.3. The maximum Gasteiger partial charge on any atom is 0.338 e. The Morgan fingerprint density at radius 1 is 1.47 bits per heavy atom. The molecule has 1 atom stereocenters. The minimum Gasteiger partial charge on any atom is -0.457 e. The first-order chi connectivity index (χ1) is 8.04. The molecular formula is C13H18O3S. The number of ether oxygens (including phenoxy) is 2. The van der Waals surface area contributed by atoms with Crippen molar-refractivity contribution in [3.63, 3.8) is 0 Å². The van der Waals surface area contributed by atoms with Gasteiger partial charge in [-0.1, -0.05) is 6.07 Å². The summed E-state index contributed by atoms with van der Waals surface area (Å²) in [5.74, 6) is -0.328. The molecular weight excluding hydrogens is 236 g/mol. The highest BCUT2D eigenvalue weighted by molar-refractivity contribution is 7.80. The summed E-state index contributed by atoms with van der Waals surface area (Å²) in [5.41, 5.74) is 1.44. The van der Waals surface area contributed by atoms with E-state index in [4.69, 9.17) is 9.47 Å². The molecule has 1 aromatic carbocycles. The highest BCUT2D eigenvalue weighted by atomic mass is 32.1. The molecule has 3 nitrogen and oxygen atoms in total. The highest BCUT2D eigenvalue weighted by Gasteiger charge is 2.14. The molecule has 0 saturated heterocycles. The molecule has 0 amide bonds. The summed E-state index contributed by atoms with van der Waals surface area (Å²) in [4.78, 5) is 12.6. The summed E-state index contributed by atoms with van der Waals surface area (Å²) >= 11 is 4.21. The van der Waals surface area contributed by atoms with E-state index in [1.54, 1.807) is 6.07 Å². The van der Waals surface area contributed by atoms with Crippen LogP contribution in [0.1, 0.15) is 29.8 Å². The molecule has 0 aliphatic carbocycles. The SMILES string of the molecule is CCOCC(C)OC(=O)c1cc(S)ccc1C. The standard InChI is InChI=1S/C13H18O3S/c1-4-15-8-10(3)16-13(14)12-7-11(17)6-5-9(12)2/h5-7,10,17H,4,8H2,1-3H3. The van der Waals surface area contributed by atoms with Crippen molar-refractivity contribution in [2.45, 2.75) is 31.8 Å². The fraction of sp³-hybridized carbons (Fsp3) is 0.462. The molecule has 0 fully saturated rings. The van der Waals surface area contributed by atoms with Crippen LogP contribution in [0, 0.1) is 6.92 Å². The lowest BCUT2D eigenvalue weighted by atomic mass is 10.1. The third kappa shape index (κ3) is 4.40. The van der Waals surface area contributed by atoms with E-state index in [1.165, 1.54) is 0 Å². The number of rotatable bonds is 5. The van der Waals surface area contributed by atoms with Gasteiger partial charge in [0, 0.05) is 11.5 Å². The van der Waals surface area contributed by atoms with Gasteiger partial charge in [-0.15, -0.1) is 12.6 Å². The fourth-order valence-electron chi connectivity index (χ4n) is 1.39. The van der Waals surface area contributed by atoms with E-state index in [2.05, 4.69) is 12.6 Å². The quantitative estimate of drug-likeness (QED) is 0.648. The molecule has 1 unspecified atom stereocenters. The average molecular weight is 254 g/mol. The molecule has 94 valence electrons. The average Bonchev–Trinajstić information content (AvgIpc) is 2.29. The second-order valence-corrected chi connectivity index (χ2v) is 4.39. The molecule has 0 radical (unpaired) electrons. The van der Waals surface area contributed by atoms with Crippen LogP contribution in [-0.4, -0.2) is 25.3 Å². The maximum atomic E-state index is 11.9. The van der Waals surface area contributed by atoms with Gasteiger partial charge >= 0.3 is 5.97 Å². The topological polar surface area (TPSA) is 35.5 Å². The van der Waals surface area contributed by atoms with Gasteiger partial charge in [-0.25, -0.2) is 4.79 Å². The van der Waals surface area contributed by atoms with Crippen LogP contribution in [0.4, 0.5) is 0 Å². The Balaban J connectivity index is 2.66. The molecule has 0 aromatic heterocycles. The highest BCUT2D eigenvalue weighted by Crippen LogP contribution is 2.15. The fourth-order valence-corrected chi connectivity index (χ4v) is 1.60. The third-order valence-electron chi connectivity index (χ3n) is 2.31. The Morgan fingerprint density at radius 3 is 2.82 bits per heavy atom. The molecule has 17 heavy (non-hydrogen) atoms. The van der Waals surface area contributed by atoms with E-state index >= 15 is 0 Å². The van der Waals surface area contributed by atoms with E-state index in [0.29, 0.717) is 18.8 Å². The number of benzene rings is 1. The smallest absolute Gasteiger partial charge is 0.338 e. The first kappa shape index (κ1) is 14.1. The van der Waals surface area contributed by atoms with Crippen molar-refractivity contribution in [3.05, 3.63) is 29.3 Å². The molecule has 0 saturated carbocycles. The summed E-state index contributed by atoms with van der Waals surface area (Å²) in [5, 5.41) is 0. The largest absolute Gasteiger partial charge is 0.457 e. The van der Waals surface area contributed by atoms with Crippen molar-refractivity contribution in [3.8, 4) is 0 Å². The predicted molar refractivity (Wildman–Crippen MR) is 69.8 cm³/mol. The van der Waals surface area contributed by atoms with Crippen LogP contribution in [0.15, 0.2) is 23.1 Å². The van der Waals surface area contributed by atoms with Gasteiger partial charge in [-0.05, 0) is 38.5 Å². The molecule has 0 aliphatic rings. The minimum atomic E-state index is -0.328. The second-order valence-electron chi connectivity index (χ2n) is 3.87. The van der Waals surface area contributed by atoms with Gasteiger partial charge < -0.3 is 9.47 Å². The van der Waals surface area contributed by atoms with E-state index in [0.717, 1.165) is 10.5 Å². The molecule has 0 aliphatic heterocycles. The lowest BCUT2D eigenvalue weighted by molar-refractivity contribution is 0.00431. The van der Waals surface area contributed by atoms with Crippen molar-refractivity contribution in [2.24, 2.45) is 0 Å². The van der Waals surface area contributed by atoms with Gasteiger partial charge in [0.1, 0.15) is 6.10 Å². The Labute approximate surface area is 108 Å².